The summed E-state index contributed by atoms with van der Waals surface area (Å²) >= 11 is 0. The normalized spacial score (nSPS) is 11.9. The fourth-order valence-electron chi connectivity index (χ4n) is 1.19. The molecule has 0 saturated carbocycles. The van der Waals surface area contributed by atoms with Gasteiger partial charge in [-0.2, -0.15) is 0 Å². The van der Waals surface area contributed by atoms with Gasteiger partial charge in [0, 0.05) is 5.69 Å². The molecule has 0 aromatic heterocycles. The number of aryl methyl sites for hydroxylation is 1. The quantitative estimate of drug-likeness (QED) is 0.837. The lowest BCUT2D eigenvalue weighted by Gasteiger charge is -2.10. The van der Waals surface area contributed by atoms with E-state index in [4.69, 9.17) is 9.84 Å². The third-order valence-electron chi connectivity index (χ3n) is 2.29. The van der Waals surface area contributed by atoms with Gasteiger partial charge < -0.3 is 15.2 Å². The summed E-state index contributed by atoms with van der Waals surface area (Å²) in [5.41, 5.74) is 1.04. The number of anilines is 1. The van der Waals surface area contributed by atoms with E-state index in [1.807, 2.05) is 0 Å². The maximum atomic E-state index is 13.0. The number of carboxylic acid groups (broad SMARTS) is 1. The Balaban J connectivity index is 2.54. The molecular weight excluding hydrogens is 241 g/mol. The number of benzene rings is 1. The topological polar surface area (TPSA) is 75.6 Å². The number of hydrogen-bond acceptors (Lipinski definition) is 3. The first-order valence-electron chi connectivity index (χ1n) is 5.30. The standard InChI is InChI=1S/C12H14FNO4/c1-7-3-4-9(13)5-10(7)14-11(15)6-18-8(2)12(16)17/h3-5,8H,6H2,1-2H3,(H,14,15)(H,16,17)/t8-/m1/s1. The number of carbonyl (C=O) groups excluding carboxylic acids is 1. The van der Waals surface area contributed by atoms with Crippen LogP contribution in [0.5, 0.6) is 0 Å². The first kappa shape index (κ1) is 14.1. The Labute approximate surface area is 104 Å². The zero-order valence-corrected chi connectivity index (χ0v) is 10.1. The molecule has 0 aliphatic heterocycles. The van der Waals surface area contributed by atoms with Crippen molar-refractivity contribution in [2.75, 3.05) is 11.9 Å². The van der Waals surface area contributed by atoms with Gasteiger partial charge in [0.25, 0.3) is 0 Å². The van der Waals surface area contributed by atoms with Crippen molar-refractivity contribution >= 4 is 17.6 Å². The molecule has 6 heteroatoms. The Bertz CT molecular complexity index is 461. The molecule has 1 amide bonds. The molecule has 1 aromatic rings. The van der Waals surface area contributed by atoms with Gasteiger partial charge in [-0.15, -0.1) is 0 Å². The van der Waals surface area contributed by atoms with Gasteiger partial charge in [-0.3, -0.25) is 4.79 Å². The number of ether oxygens (including phenoxy) is 1. The van der Waals surface area contributed by atoms with Crippen LogP contribution >= 0.6 is 0 Å². The van der Waals surface area contributed by atoms with Gasteiger partial charge in [0.1, 0.15) is 12.4 Å². The summed E-state index contributed by atoms with van der Waals surface area (Å²) in [5.74, 6) is -2.14. The Kier molecular flexibility index (Phi) is 4.79. The van der Waals surface area contributed by atoms with Crippen LogP contribution < -0.4 is 5.32 Å². The minimum absolute atomic E-state index is 0.339. The van der Waals surface area contributed by atoms with Gasteiger partial charge in [0.05, 0.1) is 0 Å². The van der Waals surface area contributed by atoms with Crippen LogP contribution in [-0.2, 0) is 14.3 Å². The highest BCUT2D eigenvalue weighted by atomic mass is 19.1. The fraction of sp³-hybridized carbons (Fsp3) is 0.333. The molecule has 0 aliphatic rings. The van der Waals surface area contributed by atoms with E-state index in [2.05, 4.69) is 5.32 Å². The number of halogens is 1. The molecule has 0 fully saturated rings. The van der Waals surface area contributed by atoms with Crippen molar-refractivity contribution in [3.63, 3.8) is 0 Å². The lowest BCUT2D eigenvalue weighted by atomic mass is 10.2. The number of nitrogens with one attached hydrogen (secondary N) is 1. The molecule has 1 aromatic carbocycles. The summed E-state index contributed by atoms with van der Waals surface area (Å²) in [6.07, 6.45) is -1.07. The summed E-state index contributed by atoms with van der Waals surface area (Å²) in [6.45, 7) is 2.64. The second-order valence-corrected chi connectivity index (χ2v) is 3.80. The third-order valence-corrected chi connectivity index (χ3v) is 2.29. The van der Waals surface area contributed by atoms with Gasteiger partial charge in [0.2, 0.25) is 5.91 Å². The first-order valence-corrected chi connectivity index (χ1v) is 5.30. The van der Waals surface area contributed by atoms with E-state index in [1.165, 1.54) is 25.1 Å². The molecule has 0 unspecified atom stereocenters. The van der Waals surface area contributed by atoms with Crippen LogP contribution in [0.1, 0.15) is 12.5 Å². The van der Waals surface area contributed by atoms with E-state index >= 15 is 0 Å². The van der Waals surface area contributed by atoms with E-state index in [0.717, 1.165) is 0 Å². The van der Waals surface area contributed by atoms with Crippen molar-refractivity contribution in [3.05, 3.63) is 29.6 Å². The van der Waals surface area contributed by atoms with Crippen LogP contribution in [0.3, 0.4) is 0 Å². The van der Waals surface area contributed by atoms with E-state index in [1.54, 1.807) is 6.92 Å². The largest absolute Gasteiger partial charge is 0.479 e. The molecule has 0 bridgehead atoms. The summed E-state index contributed by atoms with van der Waals surface area (Å²) < 4.78 is 17.8. The predicted molar refractivity (Wildman–Crippen MR) is 62.8 cm³/mol. The zero-order chi connectivity index (χ0) is 13.7. The average molecular weight is 255 g/mol. The molecule has 0 radical (unpaired) electrons. The maximum absolute atomic E-state index is 13.0. The molecule has 2 N–H and O–H groups in total. The summed E-state index contributed by atoms with van der Waals surface area (Å²) in [7, 11) is 0. The Morgan fingerprint density at radius 1 is 1.50 bits per heavy atom. The van der Waals surface area contributed by atoms with Crippen LogP contribution in [0.25, 0.3) is 0 Å². The van der Waals surface area contributed by atoms with Crippen LogP contribution in [-0.4, -0.2) is 29.7 Å². The highest BCUT2D eigenvalue weighted by Gasteiger charge is 2.13. The van der Waals surface area contributed by atoms with Gasteiger partial charge in [-0.25, -0.2) is 9.18 Å². The van der Waals surface area contributed by atoms with Gasteiger partial charge >= 0.3 is 5.97 Å². The zero-order valence-electron chi connectivity index (χ0n) is 10.1. The number of carbonyl (C=O) groups is 2. The second-order valence-electron chi connectivity index (χ2n) is 3.80. The molecule has 98 valence electrons. The highest BCUT2D eigenvalue weighted by Crippen LogP contribution is 2.15. The molecule has 5 nitrogen and oxygen atoms in total. The van der Waals surface area contributed by atoms with Crippen LogP contribution in [0.15, 0.2) is 18.2 Å². The third kappa shape index (κ3) is 4.14. The Morgan fingerprint density at radius 2 is 2.17 bits per heavy atom. The summed E-state index contributed by atoms with van der Waals surface area (Å²) in [6, 6.07) is 4.01. The monoisotopic (exact) mass is 255 g/mol. The fourth-order valence-corrected chi connectivity index (χ4v) is 1.19. The van der Waals surface area contributed by atoms with E-state index < -0.39 is 30.4 Å². The van der Waals surface area contributed by atoms with E-state index in [9.17, 15) is 14.0 Å². The van der Waals surface area contributed by atoms with Gasteiger partial charge in [0.15, 0.2) is 6.10 Å². The smallest absolute Gasteiger partial charge is 0.332 e. The first-order chi connectivity index (χ1) is 8.40. The molecule has 1 rings (SSSR count). The van der Waals surface area contributed by atoms with Crippen molar-refractivity contribution in [3.8, 4) is 0 Å². The molecule has 0 spiro atoms. The average Bonchev–Trinajstić information content (AvgIpc) is 2.30. The van der Waals surface area contributed by atoms with Crippen molar-refractivity contribution in [1.82, 2.24) is 0 Å². The molecule has 18 heavy (non-hydrogen) atoms. The SMILES string of the molecule is Cc1ccc(F)cc1NC(=O)CO[C@H](C)C(=O)O. The predicted octanol–water partition coefficient (Wildman–Crippen LogP) is 1.56. The lowest BCUT2D eigenvalue weighted by molar-refractivity contribution is -0.150. The Morgan fingerprint density at radius 3 is 2.78 bits per heavy atom. The van der Waals surface area contributed by atoms with Gasteiger partial charge in [-0.1, -0.05) is 6.07 Å². The van der Waals surface area contributed by atoms with Crippen molar-refractivity contribution < 1.29 is 23.8 Å². The van der Waals surface area contributed by atoms with Crippen LogP contribution in [0, 0.1) is 12.7 Å². The highest BCUT2D eigenvalue weighted by molar-refractivity contribution is 5.92. The minimum Gasteiger partial charge on any atom is -0.479 e. The Hall–Kier alpha value is -1.95. The lowest BCUT2D eigenvalue weighted by Crippen LogP contribution is -2.26. The summed E-state index contributed by atoms with van der Waals surface area (Å²) in [5, 5.41) is 11.0. The number of hydrogen-bond donors (Lipinski definition) is 2. The minimum atomic E-state index is -1.15. The van der Waals surface area contributed by atoms with Crippen molar-refractivity contribution in [2.24, 2.45) is 0 Å². The number of amides is 1. The number of carboxylic acids is 1. The number of aliphatic carboxylic acids is 1. The van der Waals surface area contributed by atoms with Crippen LogP contribution in [0.4, 0.5) is 10.1 Å². The molecule has 0 heterocycles. The molecule has 0 saturated heterocycles. The van der Waals surface area contributed by atoms with Crippen molar-refractivity contribution in [1.29, 1.82) is 0 Å². The number of rotatable bonds is 5. The summed E-state index contributed by atoms with van der Waals surface area (Å²) in [4.78, 5) is 21.9. The second kappa shape index (κ2) is 6.11. The van der Waals surface area contributed by atoms with Gasteiger partial charge in [-0.05, 0) is 31.5 Å². The van der Waals surface area contributed by atoms with E-state index in [0.29, 0.717) is 11.3 Å². The molecule has 1 atom stereocenters. The molecule has 0 aliphatic carbocycles. The van der Waals surface area contributed by atoms with Crippen LogP contribution in [0.2, 0.25) is 0 Å². The van der Waals surface area contributed by atoms with E-state index in [-0.39, 0.29) is 0 Å². The molecular formula is C12H14FNO4. The maximum Gasteiger partial charge on any atom is 0.332 e. The van der Waals surface area contributed by atoms with Crippen molar-refractivity contribution in [2.45, 2.75) is 20.0 Å².